The van der Waals surface area contributed by atoms with Gasteiger partial charge in [-0.1, -0.05) is 0 Å². The molecule has 1 heterocycles. The van der Waals surface area contributed by atoms with Crippen LogP contribution in [0.15, 0.2) is 12.1 Å². The summed E-state index contributed by atoms with van der Waals surface area (Å²) in [5, 5.41) is 14.0. The fourth-order valence-corrected chi connectivity index (χ4v) is 1.90. The number of nitro groups is 1. The van der Waals surface area contributed by atoms with Gasteiger partial charge in [-0.05, 0) is 26.2 Å². The Balaban J connectivity index is 2.31. The van der Waals surface area contributed by atoms with Crippen molar-refractivity contribution in [1.29, 1.82) is 0 Å². The average molecular weight is 237 g/mol. The zero-order valence-corrected chi connectivity index (χ0v) is 9.90. The lowest BCUT2D eigenvalue weighted by Gasteiger charge is -2.39. The zero-order chi connectivity index (χ0) is 12.5. The summed E-state index contributed by atoms with van der Waals surface area (Å²) in [5.41, 5.74) is -0.0941. The SMILES string of the molecule is COc1ccc([N+](=O)[O-])c(NC2(C)CCC2)n1. The van der Waals surface area contributed by atoms with Crippen LogP contribution in [0, 0.1) is 10.1 Å². The summed E-state index contributed by atoms with van der Waals surface area (Å²) >= 11 is 0. The molecule has 1 aliphatic carbocycles. The maximum atomic E-state index is 10.9. The Kier molecular flexibility index (Phi) is 2.87. The smallest absolute Gasteiger partial charge is 0.311 e. The Morgan fingerprint density at radius 3 is 2.71 bits per heavy atom. The lowest BCUT2D eigenvalue weighted by Crippen LogP contribution is -2.42. The van der Waals surface area contributed by atoms with Gasteiger partial charge in [-0.3, -0.25) is 10.1 Å². The number of pyridine rings is 1. The lowest BCUT2D eigenvalue weighted by molar-refractivity contribution is -0.384. The summed E-state index contributed by atoms with van der Waals surface area (Å²) in [6.45, 7) is 2.04. The van der Waals surface area contributed by atoms with Gasteiger partial charge in [0.15, 0.2) is 0 Å². The van der Waals surface area contributed by atoms with E-state index in [2.05, 4.69) is 10.3 Å². The highest BCUT2D eigenvalue weighted by atomic mass is 16.6. The standard InChI is InChI=1S/C11H15N3O3/c1-11(6-3-7-11)13-10-8(14(15)16)4-5-9(12-10)17-2/h4-5H,3,6-7H2,1-2H3,(H,12,13). The molecule has 92 valence electrons. The van der Waals surface area contributed by atoms with Gasteiger partial charge in [-0.2, -0.15) is 4.98 Å². The topological polar surface area (TPSA) is 77.3 Å². The summed E-state index contributed by atoms with van der Waals surface area (Å²) in [5.74, 6) is 0.664. The van der Waals surface area contributed by atoms with Crippen molar-refractivity contribution in [2.45, 2.75) is 31.7 Å². The van der Waals surface area contributed by atoms with Crippen LogP contribution >= 0.6 is 0 Å². The van der Waals surface area contributed by atoms with E-state index in [4.69, 9.17) is 4.74 Å². The van der Waals surface area contributed by atoms with Crippen LogP contribution in [-0.2, 0) is 0 Å². The highest BCUT2D eigenvalue weighted by molar-refractivity contribution is 5.58. The van der Waals surface area contributed by atoms with Crippen molar-refractivity contribution in [3.63, 3.8) is 0 Å². The molecule has 0 bridgehead atoms. The van der Waals surface area contributed by atoms with E-state index in [1.807, 2.05) is 6.92 Å². The number of nitrogens with zero attached hydrogens (tertiary/aromatic N) is 2. The first-order valence-corrected chi connectivity index (χ1v) is 5.52. The summed E-state index contributed by atoms with van der Waals surface area (Å²) in [4.78, 5) is 14.6. The highest BCUT2D eigenvalue weighted by Gasteiger charge is 2.34. The second-order valence-electron chi connectivity index (χ2n) is 4.52. The maximum absolute atomic E-state index is 10.9. The van der Waals surface area contributed by atoms with Gasteiger partial charge in [0.2, 0.25) is 11.7 Å². The van der Waals surface area contributed by atoms with Crippen LogP contribution < -0.4 is 10.1 Å². The number of methoxy groups -OCH3 is 1. The summed E-state index contributed by atoms with van der Waals surface area (Å²) in [6, 6.07) is 2.91. The number of hydrogen-bond acceptors (Lipinski definition) is 5. The predicted molar refractivity (Wildman–Crippen MR) is 63.3 cm³/mol. The summed E-state index contributed by atoms with van der Waals surface area (Å²) < 4.78 is 4.98. The molecule has 1 aromatic rings. The fourth-order valence-electron chi connectivity index (χ4n) is 1.90. The van der Waals surface area contributed by atoms with E-state index in [1.165, 1.54) is 19.2 Å². The zero-order valence-electron chi connectivity index (χ0n) is 9.90. The molecule has 0 amide bonds. The number of nitrogens with one attached hydrogen (secondary N) is 1. The van der Waals surface area contributed by atoms with Crippen molar-refractivity contribution in [3.8, 4) is 5.88 Å². The monoisotopic (exact) mass is 237 g/mol. The average Bonchev–Trinajstić information content (AvgIpc) is 2.26. The minimum Gasteiger partial charge on any atom is -0.481 e. The predicted octanol–water partition coefficient (Wildman–Crippen LogP) is 2.35. The molecule has 1 fully saturated rings. The Morgan fingerprint density at radius 1 is 1.53 bits per heavy atom. The molecule has 6 heteroatoms. The molecule has 0 aromatic carbocycles. The molecule has 2 rings (SSSR count). The molecule has 1 aromatic heterocycles. The van der Waals surface area contributed by atoms with E-state index in [0.717, 1.165) is 19.3 Å². The maximum Gasteiger partial charge on any atom is 0.311 e. The molecule has 6 nitrogen and oxygen atoms in total. The third-order valence-electron chi connectivity index (χ3n) is 3.13. The van der Waals surface area contributed by atoms with Crippen LogP contribution in [0.4, 0.5) is 11.5 Å². The Morgan fingerprint density at radius 2 is 2.24 bits per heavy atom. The molecule has 1 aliphatic rings. The van der Waals surface area contributed by atoms with Gasteiger partial charge in [0.25, 0.3) is 0 Å². The third-order valence-corrected chi connectivity index (χ3v) is 3.13. The Bertz CT molecular complexity index is 444. The molecule has 0 aliphatic heterocycles. The molecule has 1 N–H and O–H groups in total. The Hall–Kier alpha value is -1.85. The van der Waals surface area contributed by atoms with Crippen LogP contribution in [0.25, 0.3) is 0 Å². The van der Waals surface area contributed by atoms with E-state index in [0.29, 0.717) is 5.88 Å². The van der Waals surface area contributed by atoms with Gasteiger partial charge in [0.05, 0.1) is 12.0 Å². The number of aromatic nitrogens is 1. The number of ether oxygens (including phenoxy) is 1. The quantitative estimate of drug-likeness (QED) is 0.642. The molecule has 0 radical (unpaired) electrons. The largest absolute Gasteiger partial charge is 0.481 e. The van der Waals surface area contributed by atoms with E-state index in [-0.39, 0.29) is 17.0 Å². The van der Waals surface area contributed by atoms with Crippen molar-refractivity contribution in [1.82, 2.24) is 4.98 Å². The number of anilines is 1. The van der Waals surface area contributed by atoms with Crippen LogP contribution in [0.3, 0.4) is 0 Å². The highest BCUT2D eigenvalue weighted by Crippen LogP contribution is 2.37. The normalized spacial score (nSPS) is 17.1. The van der Waals surface area contributed by atoms with Gasteiger partial charge in [-0.15, -0.1) is 0 Å². The van der Waals surface area contributed by atoms with Crippen molar-refractivity contribution in [2.75, 3.05) is 12.4 Å². The van der Waals surface area contributed by atoms with Gasteiger partial charge in [0.1, 0.15) is 0 Å². The second-order valence-corrected chi connectivity index (χ2v) is 4.52. The first-order chi connectivity index (χ1) is 8.04. The van der Waals surface area contributed by atoms with Gasteiger partial charge < -0.3 is 10.1 Å². The molecular formula is C11H15N3O3. The van der Waals surface area contributed by atoms with Crippen LogP contribution in [0.1, 0.15) is 26.2 Å². The number of hydrogen-bond donors (Lipinski definition) is 1. The minimum atomic E-state index is -0.434. The Labute approximate surface area is 99.2 Å². The van der Waals surface area contributed by atoms with E-state index in [1.54, 1.807) is 0 Å². The number of rotatable bonds is 4. The van der Waals surface area contributed by atoms with Crippen LogP contribution in [0.2, 0.25) is 0 Å². The van der Waals surface area contributed by atoms with Crippen LogP contribution in [0.5, 0.6) is 5.88 Å². The molecular weight excluding hydrogens is 222 g/mol. The van der Waals surface area contributed by atoms with E-state index < -0.39 is 4.92 Å². The van der Waals surface area contributed by atoms with Crippen molar-refractivity contribution in [2.24, 2.45) is 0 Å². The molecule has 0 unspecified atom stereocenters. The van der Waals surface area contributed by atoms with Crippen molar-refractivity contribution < 1.29 is 9.66 Å². The summed E-state index contributed by atoms with van der Waals surface area (Å²) in [7, 11) is 1.49. The van der Waals surface area contributed by atoms with Gasteiger partial charge in [-0.25, -0.2) is 0 Å². The minimum absolute atomic E-state index is 0.0149. The fraction of sp³-hybridized carbons (Fsp3) is 0.545. The van der Waals surface area contributed by atoms with Crippen molar-refractivity contribution in [3.05, 3.63) is 22.2 Å². The molecule has 17 heavy (non-hydrogen) atoms. The van der Waals surface area contributed by atoms with Gasteiger partial charge >= 0.3 is 5.69 Å². The third kappa shape index (κ3) is 2.30. The first kappa shape index (κ1) is 11.6. The molecule has 0 saturated heterocycles. The first-order valence-electron chi connectivity index (χ1n) is 5.52. The summed E-state index contributed by atoms with van der Waals surface area (Å²) in [6.07, 6.45) is 3.15. The molecule has 0 atom stereocenters. The molecule has 0 spiro atoms. The lowest BCUT2D eigenvalue weighted by atomic mass is 9.78. The van der Waals surface area contributed by atoms with E-state index >= 15 is 0 Å². The van der Waals surface area contributed by atoms with Gasteiger partial charge in [0, 0.05) is 17.7 Å². The van der Waals surface area contributed by atoms with Crippen molar-refractivity contribution >= 4 is 11.5 Å². The van der Waals surface area contributed by atoms with E-state index in [9.17, 15) is 10.1 Å². The second kappa shape index (κ2) is 4.20. The van der Waals surface area contributed by atoms with Crippen LogP contribution in [-0.4, -0.2) is 22.6 Å². The molecule has 1 saturated carbocycles.